The van der Waals surface area contributed by atoms with E-state index in [1.807, 2.05) is 0 Å². The van der Waals surface area contributed by atoms with Crippen LogP contribution in [-0.4, -0.2) is 17.3 Å². The van der Waals surface area contributed by atoms with E-state index in [-0.39, 0.29) is 22.9 Å². The predicted octanol–water partition coefficient (Wildman–Crippen LogP) is 2.78. The van der Waals surface area contributed by atoms with Crippen LogP contribution in [0.5, 0.6) is 0 Å². The van der Waals surface area contributed by atoms with Crippen LogP contribution in [0.3, 0.4) is 0 Å². The Labute approximate surface area is 105 Å². The van der Waals surface area contributed by atoms with Crippen molar-refractivity contribution in [1.29, 1.82) is 0 Å². The molecule has 94 valence electrons. The van der Waals surface area contributed by atoms with Crippen molar-refractivity contribution in [2.75, 3.05) is 11.1 Å². The number of anilines is 2. The van der Waals surface area contributed by atoms with Crippen LogP contribution >= 0.6 is 11.6 Å². The second kappa shape index (κ2) is 5.10. The van der Waals surface area contributed by atoms with Gasteiger partial charge in [0.05, 0.1) is 22.5 Å². The third kappa shape index (κ3) is 2.82. The quantitative estimate of drug-likeness (QED) is 0.715. The molecule has 2 rings (SSSR count). The van der Waals surface area contributed by atoms with Gasteiger partial charge in [-0.25, -0.2) is 4.39 Å². The molecule has 0 saturated heterocycles. The molecule has 4 N–H and O–H groups in total. The molecule has 0 unspecified atom stereocenters. The van der Waals surface area contributed by atoms with Crippen molar-refractivity contribution in [3.05, 3.63) is 23.0 Å². The third-order valence-electron chi connectivity index (χ3n) is 3.17. The number of aliphatic hydroxyl groups is 1. The van der Waals surface area contributed by atoms with E-state index in [1.165, 1.54) is 6.07 Å². The first-order valence-corrected chi connectivity index (χ1v) is 6.14. The molecule has 1 aliphatic carbocycles. The lowest BCUT2D eigenvalue weighted by Crippen LogP contribution is -2.28. The number of benzene rings is 1. The Morgan fingerprint density at radius 3 is 2.59 bits per heavy atom. The summed E-state index contributed by atoms with van der Waals surface area (Å²) in [5, 5.41) is 12.5. The number of rotatable bonds is 2. The molecule has 1 saturated carbocycles. The topological polar surface area (TPSA) is 58.3 Å². The van der Waals surface area contributed by atoms with Gasteiger partial charge in [0.15, 0.2) is 5.82 Å². The molecule has 1 aromatic rings. The lowest BCUT2D eigenvalue weighted by atomic mass is 9.93. The van der Waals surface area contributed by atoms with Gasteiger partial charge in [-0.1, -0.05) is 11.6 Å². The first kappa shape index (κ1) is 12.5. The Morgan fingerprint density at radius 1 is 1.29 bits per heavy atom. The highest BCUT2D eigenvalue weighted by Crippen LogP contribution is 2.31. The number of halogens is 2. The summed E-state index contributed by atoms with van der Waals surface area (Å²) in [5.74, 6) is -0.502. The Bertz CT molecular complexity index is 406. The molecule has 0 aliphatic heterocycles. The van der Waals surface area contributed by atoms with Crippen molar-refractivity contribution in [2.24, 2.45) is 0 Å². The first-order valence-electron chi connectivity index (χ1n) is 5.76. The van der Waals surface area contributed by atoms with Crippen LogP contribution in [0.15, 0.2) is 12.1 Å². The molecule has 0 aromatic heterocycles. The first-order chi connectivity index (χ1) is 8.08. The van der Waals surface area contributed by atoms with Gasteiger partial charge >= 0.3 is 0 Å². The zero-order valence-electron chi connectivity index (χ0n) is 9.42. The van der Waals surface area contributed by atoms with Crippen molar-refractivity contribution >= 4 is 23.0 Å². The van der Waals surface area contributed by atoms with E-state index in [0.29, 0.717) is 5.69 Å². The van der Waals surface area contributed by atoms with Crippen LogP contribution in [0.2, 0.25) is 5.02 Å². The minimum absolute atomic E-state index is 0.0672. The number of hydrogen-bond acceptors (Lipinski definition) is 3. The Balaban J connectivity index is 2.11. The van der Waals surface area contributed by atoms with Crippen LogP contribution in [0, 0.1) is 5.82 Å². The molecule has 1 fully saturated rings. The maximum absolute atomic E-state index is 13.8. The van der Waals surface area contributed by atoms with Gasteiger partial charge in [-0.05, 0) is 37.8 Å². The summed E-state index contributed by atoms with van der Waals surface area (Å²) in [6.45, 7) is 0. The largest absolute Gasteiger partial charge is 0.397 e. The molecule has 1 aromatic carbocycles. The summed E-state index contributed by atoms with van der Waals surface area (Å²) in [6, 6.07) is 3.18. The second-order valence-corrected chi connectivity index (χ2v) is 4.88. The Morgan fingerprint density at radius 2 is 1.94 bits per heavy atom. The summed E-state index contributed by atoms with van der Waals surface area (Å²) >= 11 is 5.72. The van der Waals surface area contributed by atoms with Crippen molar-refractivity contribution in [1.82, 2.24) is 0 Å². The molecule has 1 aliphatic rings. The summed E-state index contributed by atoms with van der Waals surface area (Å²) in [6.07, 6.45) is 2.87. The van der Waals surface area contributed by atoms with Gasteiger partial charge in [-0.2, -0.15) is 0 Å². The molecular weight excluding hydrogens is 243 g/mol. The van der Waals surface area contributed by atoms with Gasteiger partial charge in [0.2, 0.25) is 0 Å². The van der Waals surface area contributed by atoms with E-state index < -0.39 is 5.82 Å². The molecular formula is C12H16ClFN2O. The molecule has 3 nitrogen and oxygen atoms in total. The smallest absolute Gasteiger partial charge is 0.166 e. The van der Waals surface area contributed by atoms with E-state index >= 15 is 0 Å². The monoisotopic (exact) mass is 258 g/mol. The molecule has 0 amide bonds. The predicted molar refractivity (Wildman–Crippen MR) is 67.7 cm³/mol. The van der Waals surface area contributed by atoms with Crippen molar-refractivity contribution in [2.45, 2.75) is 37.8 Å². The number of nitrogens with one attached hydrogen (secondary N) is 1. The van der Waals surface area contributed by atoms with Crippen LogP contribution in [0.4, 0.5) is 15.8 Å². The lowest BCUT2D eigenvalue weighted by molar-refractivity contribution is 0.126. The minimum Gasteiger partial charge on any atom is -0.397 e. The third-order valence-corrected chi connectivity index (χ3v) is 3.46. The fraction of sp³-hybridized carbons (Fsp3) is 0.500. The Hall–Kier alpha value is -1.00. The van der Waals surface area contributed by atoms with Gasteiger partial charge < -0.3 is 16.2 Å². The van der Waals surface area contributed by atoms with Crippen molar-refractivity contribution < 1.29 is 9.50 Å². The maximum atomic E-state index is 13.8. The average molecular weight is 259 g/mol. The molecule has 0 spiro atoms. The van der Waals surface area contributed by atoms with Crippen LogP contribution < -0.4 is 11.1 Å². The van der Waals surface area contributed by atoms with Gasteiger partial charge in [0.1, 0.15) is 0 Å². The van der Waals surface area contributed by atoms with Crippen LogP contribution in [-0.2, 0) is 0 Å². The molecule has 0 heterocycles. The average Bonchev–Trinajstić information content (AvgIpc) is 2.32. The van der Waals surface area contributed by atoms with Gasteiger partial charge in [0.25, 0.3) is 0 Å². The number of nitrogens with two attached hydrogens (primary N) is 1. The van der Waals surface area contributed by atoms with E-state index in [9.17, 15) is 9.50 Å². The number of aliphatic hydroxyl groups excluding tert-OH is 1. The van der Waals surface area contributed by atoms with Gasteiger partial charge in [-0.3, -0.25) is 0 Å². The summed E-state index contributed by atoms with van der Waals surface area (Å²) in [4.78, 5) is 0. The minimum atomic E-state index is -0.502. The van der Waals surface area contributed by atoms with Gasteiger partial charge in [0, 0.05) is 6.04 Å². The highest BCUT2D eigenvalue weighted by molar-refractivity contribution is 6.31. The molecule has 17 heavy (non-hydrogen) atoms. The molecule has 5 heteroatoms. The summed E-state index contributed by atoms with van der Waals surface area (Å²) in [7, 11) is 0. The van der Waals surface area contributed by atoms with Gasteiger partial charge in [-0.15, -0.1) is 0 Å². The van der Waals surface area contributed by atoms with Crippen molar-refractivity contribution in [3.63, 3.8) is 0 Å². The van der Waals surface area contributed by atoms with E-state index in [0.717, 1.165) is 25.7 Å². The molecule has 0 radical (unpaired) electrons. The fourth-order valence-corrected chi connectivity index (χ4v) is 2.29. The normalized spacial score (nSPS) is 24.6. The van der Waals surface area contributed by atoms with E-state index in [1.54, 1.807) is 6.07 Å². The van der Waals surface area contributed by atoms with Crippen molar-refractivity contribution in [3.8, 4) is 0 Å². The standard InChI is InChI=1S/C12H16ClFN2O/c13-9-5-6-10(15)12(11(9)14)16-7-1-3-8(17)4-2-7/h5-8,16-17H,1-4,15H2. The summed E-state index contributed by atoms with van der Waals surface area (Å²) in [5.41, 5.74) is 6.36. The molecule has 0 atom stereocenters. The highest BCUT2D eigenvalue weighted by Gasteiger charge is 2.21. The SMILES string of the molecule is Nc1ccc(Cl)c(F)c1NC1CCC(O)CC1. The second-order valence-electron chi connectivity index (χ2n) is 4.48. The van der Waals surface area contributed by atoms with E-state index in [2.05, 4.69) is 5.32 Å². The maximum Gasteiger partial charge on any atom is 0.166 e. The highest BCUT2D eigenvalue weighted by atomic mass is 35.5. The number of hydrogen-bond donors (Lipinski definition) is 3. The lowest BCUT2D eigenvalue weighted by Gasteiger charge is -2.27. The zero-order chi connectivity index (χ0) is 12.4. The fourth-order valence-electron chi connectivity index (χ4n) is 2.14. The van der Waals surface area contributed by atoms with Crippen LogP contribution in [0.1, 0.15) is 25.7 Å². The molecule has 0 bridgehead atoms. The summed E-state index contributed by atoms with van der Waals surface area (Å²) < 4.78 is 13.8. The van der Waals surface area contributed by atoms with Crippen LogP contribution in [0.25, 0.3) is 0 Å². The number of nitrogen functional groups attached to an aromatic ring is 1. The Kier molecular flexibility index (Phi) is 3.74. The van der Waals surface area contributed by atoms with E-state index in [4.69, 9.17) is 17.3 Å². The zero-order valence-corrected chi connectivity index (χ0v) is 10.2.